The minimum Gasteiger partial charge on any atom is -0.508 e. The topological polar surface area (TPSA) is 52.6 Å². The van der Waals surface area contributed by atoms with Gasteiger partial charge in [0.15, 0.2) is 0 Å². The van der Waals surface area contributed by atoms with Crippen molar-refractivity contribution in [1.82, 2.24) is 10.2 Å². The smallest absolute Gasteiger partial charge is 0.253 e. The Hall–Kier alpha value is -1.55. The first-order valence-electron chi connectivity index (χ1n) is 7.41. The van der Waals surface area contributed by atoms with Gasteiger partial charge in [-0.05, 0) is 56.5 Å². The van der Waals surface area contributed by atoms with Crippen LogP contribution >= 0.6 is 0 Å². The van der Waals surface area contributed by atoms with E-state index < -0.39 is 0 Å². The van der Waals surface area contributed by atoms with E-state index in [-0.39, 0.29) is 11.7 Å². The number of rotatable bonds is 4. The fourth-order valence-corrected chi connectivity index (χ4v) is 2.61. The number of phenolic OH excluding ortho intramolecular Hbond substituents is 1. The monoisotopic (exact) mass is 276 g/mol. The molecule has 0 aliphatic carbocycles. The largest absolute Gasteiger partial charge is 0.508 e. The SMILES string of the molecule is CCNCC1CCN(C(=O)c2ccc(C)c(O)c2)CC1. The van der Waals surface area contributed by atoms with Crippen molar-refractivity contribution in [2.75, 3.05) is 26.2 Å². The average molecular weight is 276 g/mol. The lowest BCUT2D eigenvalue weighted by molar-refractivity contribution is 0.0690. The molecule has 1 saturated heterocycles. The lowest BCUT2D eigenvalue weighted by Gasteiger charge is -2.32. The maximum atomic E-state index is 12.4. The van der Waals surface area contributed by atoms with Crippen molar-refractivity contribution in [3.63, 3.8) is 0 Å². The number of phenols is 1. The summed E-state index contributed by atoms with van der Waals surface area (Å²) < 4.78 is 0. The Kier molecular flexibility index (Phi) is 5.01. The van der Waals surface area contributed by atoms with E-state index in [9.17, 15) is 9.90 Å². The molecule has 1 heterocycles. The standard InChI is InChI=1S/C16H24N2O2/c1-3-17-11-13-6-8-18(9-7-13)16(20)14-5-4-12(2)15(19)10-14/h4-5,10,13,17,19H,3,6-9,11H2,1-2H3. The summed E-state index contributed by atoms with van der Waals surface area (Å²) in [5.41, 5.74) is 1.38. The molecule has 0 bridgehead atoms. The summed E-state index contributed by atoms with van der Waals surface area (Å²) in [7, 11) is 0. The molecule has 0 aromatic heterocycles. The Labute approximate surface area is 120 Å². The third kappa shape index (κ3) is 3.51. The fraction of sp³-hybridized carbons (Fsp3) is 0.562. The summed E-state index contributed by atoms with van der Waals surface area (Å²) in [6, 6.07) is 5.16. The zero-order valence-corrected chi connectivity index (χ0v) is 12.4. The van der Waals surface area contributed by atoms with Gasteiger partial charge in [0.2, 0.25) is 0 Å². The van der Waals surface area contributed by atoms with E-state index in [1.54, 1.807) is 18.2 Å². The number of hydrogen-bond donors (Lipinski definition) is 2. The van der Waals surface area contributed by atoms with E-state index in [2.05, 4.69) is 12.2 Å². The van der Waals surface area contributed by atoms with Gasteiger partial charge in [0.05, 0.1) is 0 Å². The summed E-state index contributed by atoms with van der Waals surface area (Å²) in [4.78, 5) is 14.3. The maximum Gasteiger partial charge on any atom is 0.253 e. The van der Waals surface area contributed by atoms with Crippen molar-refractivity contribution in [3.05, 3.63) is 29.3 Å². The second-order valence-corrected chi connectivity index (χ2v) is 5.54. The molecule has 0 spiro atoms. The molecule has 1 fully saturated rings. The minimum atomic E-state index is 0.0298. The molecular formula is C16H24N2O2. The van der Waals surface area contributed by atoms with E-state index in [1.165, 1.54) is 0 Å². The first kappa shape index (κ1) is 14.9. The molecule has 4 nitrogen and oxygen atoms in total. The molecule has 1 aromatic carbocycles. The highest BCUT2D eigenvalue weighted by molar-refractivity contribution is 5.94. The van der Waals surface area contributed by atoms with E-state index in [0.29, 0.717) is 11.5 Å². The number of likely N-dealkylation sites (tertiary alicyclic amines) is 1. The minimum absolute atomic E-state index is 0.0298. The Morgan fingerprint density at radius 3 is 2.70 bits per heavy atom. The first-order valence-corrected chi connectivity index (χ1v) is 7.41. The van der Waals surface area contributed by atoms with Crippen LogP contribution in [0.25, 0.3) is 0 Å². The van der Waals surface area contributed by atoms with Gasteiger partial charge >= 0.3 is 0 Å². The zero-order valence-electron chi connectivity index (χ0n) is 12.4. The number of carbonyl (C=O) groups is 1. The Bertz CT molecular complexity index is 466. The number of piperidine rings is 1. The lowest BCUT2D eigenvalue weighted by Crippen LogP contribution is -2.40. The van der Waals surface area contributed by atoms with Gasteiger partial charge in [-0.3, -0.25) is 4.79 Å². The second-order valence-electron chi connectivity index (χ2n) is 5.54. The van der Waals surface area contributed by atoms with Crippen LogP contribution in [0.15, 0.2) is 18.2 Å². The van der Waals surface area contributed by atoms with E-state index >= 15 is 0 Å². The fourth-order valence-electron chi connectivity index (χ4n) is 2.61. The van der Waals surface area contributed by atoms with Gasteiger partial charge in [0.25, 0.3) is 5.91 Å². The molecule has 1 amide bonds. The van der Waals surface area contributed by atoms with Crippen molar-refractivity contribution >= 4 is 5.91 Å². The number of amides is 1. The molecule has 1 aliphatic heterocycles. The Balaban J connectivity index is 1.92. The third-order valence-corrected chi connectivity index (χ3v) is 4.04. The highest BCUT2D eigenvalue weighted by Crippen LogP contribution is 2.22. The van der Waals surface area contributed by atoms with Gasteiger partial charge in [-0.1, -0.05) is 13.0 Å². The van der Waals surface area contributed by atoms with Crippen LogP contribution in [0.2, 0.25) is 0 Å². The summed E-state index contributed by atoms with van der Waals surface area (Å²) >= 11 is 0. The quantitative estimate of drug-likeness (QED) is 0.886. The van der Waals surface area contributed by atoms with Gasteiger partial charge in [0, 0.05) is 18.7 Å². The normalized spacial score (nSPS) is 16.4. The average Bonchev–Trinajstić information content (AvgIpc) is 2.48. The van der Waals surface area contributed by atoms with Crippen LogP contribution in [-0.4, -0.2) is 42.1 Å². The molecule has 110 valence electrons. The first-order chi connectivity index (χ1) is 9.61. The predicted molar refractivity (Wildman–Crippen MR) is 80.0 cm³/mol. The van der Waals surface area contributed by atoms with Crippen LogP contribution in [0.5, 0.6) is 5.75 Å². The third-order valence-electron chi connectivity index (χ3n) is 4.04. The summed E-state index contributed by atoms with van der Waals surface area (Å²) in [6.45, 7) is 7.61. The van der Waals surface area contributed by atoms with Gasteiger partial charge in [-0.15, -0.1) is 0 Å². The van der Waals surface area contributed by atoms with Crippen molar-refractivity contribution in [2.24, 2.45) is 5.92 Å². The molecule has 1 aromatic rings. The second kappa shape index (κ2) is 6.75. The molecule has 20 heavy (non-hydrogen) atoms. The molecule has 0 saturated carbocycles. The highest BCUT2D eigenvalue weighted by Gasteiger charge is 2.23. The Morgan fingerprint density at radius 1 is 1.40 bits per heavy atom. The van der Waals surface area contributed by atoms with E-state index in [0.717, 1.165) is 44.6 Å². The van der Waals surface area contributed by atoms with Crippen molar-refractivity contribution < 1.29 is 9.90 Å². The van der Waals surface area contributed by atoms with Crippen LogP contribution in [0.4, 0.5) is 0 Å². The van der Waals surface area contributed by atoms with Gasteiger partial charge in [0.1, 0.15) is 5.75 Å². The van der Waals surface area contributed by atoms with Gasteiger partial charge in [-0.2, -0.15) is 0 Å². The van der Waals surface area contributed by atoms with Crippen LogP contribution in [-0.2, 0) is 0 Å². The van der Waals surface area contributed by atoms with Crippen LogP contribution in [0.3, 0.4) is 0 Å². The van der Waals surface area contributed by atoms with Crippen LogP contribution in [0, 0.1) is 12.8 Å². The number of aryl methyl sites for hydroxylation is 1. The highest BCUT2D eigenvalue weighted by atomic mass is 16.3. The number of nitrogens with one attached hydrogen (secondary N) is 1. The molecule has 0 radical (unpaired) electrons. The molecule has 0 unspecified atom stereocenters. The van der Waals surface area contributed by atoms with E-state index in [1.807, 2.05) is 11.8 Å². The van der Waals surface area contributed by atoms with Gasteiger partial charge in [-0.25, -0.2) is 0 Å². The molecule has 2 N–H and O–H groups in total. The number of aromatic hydroxyl groups is 1. The predicted octanol–water partition coefficient (Wildman–Crippen LogP) is 2.16. The number of hydrogen-bond acceptors (Lipinski definition) is 3. The molecule has 0 atom stereocenters. The number of benzene rings is 1. The summed E-state index contributed by atoms with van der Waals surface area (Å²) in [6.07, 6.45) is 2.10. The van der Waals surface area contributed by atoms with Gasteiger partial charge < -0.3 is 15.3 Å². The summed E-state index contributed by atoms with van der Waals surface area (Å²) in [5, 5.41) is 13.1. The molecule has 1 aliphatic rings. The molecule has 4 heteroatoms. The number of carbonyl (C=O) groups excluding carboxylic acids is 1. The number of nitrogens with zero attached hydrogens (tertiary/aromatic N) is 1. The zero-order chi connectivity index (χ0) is 14.5. The van der Waals surface area contributed by atoms with Crippen molar-refractivity contribution in [1.29, 1.82) is 0 Å². The molecular weight excluding hydrogens is 252 g/mol. The van der Waals surface area contributed by atoms with E-state index in [4.69, 9.17) is 0 Å². The molecule has 2 rings (SSSR count). The van der Waals surface area contributed by atoms with Crippen molar-refractivity contribution in [2.45, 2.75) is 26.7 Å². The van der Waals surface area contributed by atoms with Crippen LogP contribution < -0.4 is 5.32 Å². The Morgan fingerprint density at radius 2 is 2.10 bits per heavy atom. The maximum absolute atomic E-state index is 12.4. The summed E-state index contributed by atoms with van der Waals surface area (Å²) in [5.74, 6) is 0.894. The van der Waals surface area contributed by atoms with Crippen LogP contribution in [0.1, 0.15) is 35.7 Å². The lowest BCUT2D eigenvalue weighted by atomic mass is 9.96. The van der Waals surface area contributed by atoms with Crippen molar-refractivity contribution in [3.8, 4) is 5.75 Å².